The van der Waals surface area contributed by atoms with Crippen molar-refractivity contribution < 1.29 is 4.39 Å². The van der Waals surface area contributed by atoms with E-state index in [0.29, 0.717) is 23.6 Å². The van der Waals surface area contributed by atoms with E-state index in [9.17, 15) is 4.39 Å². The Morgan fingerprint density at radius 2 is 1.95 bits per heavy atom. The second kappa shape index (κ2) is 8.32. The van der Waals surface area contributed by atoms with Crippen molar-refractivity contribution in [1.82, 2.24) is 4.90 Å². The third-order valence-electron chi connectivity index (χ3n) is 3.85. The molecule has 0 atom stereocenters. The summed E-state index contributed by atoms with van der Waals surface area (Å²) < 4.78 is 14.1. The zero-order chi connectivity index (χ0) is 15.1. The van der Waals surface area contributed by atoms with E-state index in [1.165, 1.54) is 6.07 Å². The maximum atomic E-state index is 14.1. The summed E-state index contributed by atoms with van der Waals surface area (Å²) in [5, 5.41) is 0. The van der Waals surface area contributed by atoms with Gasteiger partial charge < -0.3 is 5.73 Å². The second-order valence-corrected chi connectivity index (χ2v) is 5.62. The molecule has 0 saturated carbocycles. The van der Waals surface area contributed by atoms with Gasteiger partial charge in [0.1, 0.15) is 10.8 Å². The Kier molecular flexibility index (Phi) is 7.10. The van der Waals surface area contributed by atoms with E-state index in [2.05, 4.69) is 25.7 Å². The lowest BCUT2D eigenvalue weighted by molar-refractivity contribution is 0.223. The molecule has 0 aliphatic carbocycles. The fourth-order valence-corrected chi connectivity index (χ4v) is 2.41. The van der Waals surface area contributed by atoms with Gasteiger partial charge in [-0.2, -0.15) is 0 Å². The number of rotatable bonds is 8. The Morgan fingerprint density at radius 1 is 1.30 bits per heavy atom. The number of nitrogens with two attached hydrogens (primary N) is 1. The molecule has 1 aromatic rings. The lowest BCUT2D eigenvalue weighted by Gasteiger charge is -2.25. The summed E-state index contributed by atoms with van der Waals surface area (Å²) in [6.07, 6.45) is 2.33. The van der Waals surface area contributed by atoms with Crippen molar-refractivity contribution in [3.63, 3.8) is 0 Å². The number of benzene rings is 1. The van der Waals surface area contributed by atoms with Crippen LogP contribution in [0.5, 0.6) is 0 Å². The highest BCUT2D eigenvalue weighted by molar-refractivity contribution is 7.80. The summed E-state index contributed by atoms with van der Waals surface area (Å²) in [6.45, 7) is 9.10. The van der Waals surface area contributed by atoms with Gasteiger partial charge in [-0.1, -0.05) is 58.0 Å². The van der Waals surface area contributed by atoms with Crippen LogP contribution in [0.25, 0.3) is 0 Å². The highest BCUT2D eigenvalue weighted by Crippen LogP contribution is 2.16. The molecule has 0 aliphatic heterocycles. The molecule has 1 rings (SSSR count). The van der Waals surface area contributed by atoms with Crippen molar-refractivity contribution >= 4 is 17.2 Å². The quantitative estimate of drug-likeness (QED) is 0.741. The Hall–Kier alpha value is -1.00. The molecule has 20 heavy (non-hydrogen) atoms. The third kappa shape index (κ3) is 4.84. The van der Waals surface area contributed by atoms with E-state index in [4.69, 9.17) is 18.0 Å². The van der Waals surface area contributed by atoms with Crippen LogP contribution in [0, 0.1) is 11.7 Å². The number of hydrogen-bond donors (Lipinski definition) is 1. The average molecular weight is 296 g/mol. The monoisotopic (exact) mass is 296 g/mol. The van der Waals surface area contributed by atoms with Gasteiger partial charge in [0, 0.05) is 24.2 Å². The molecule has 4 heteroatoms. The van der Waals surface area contributed by atoms with Crippen LogP contribution in [0.2, 0.25) is 0 Å². The van der Waals surface area contributed by atoms with Gasteiger partial charge in [-0.15, -0.1) is 0 Å². The van der Waals surface area contributed by atoms with E-state index >= 15 is 0 Å². The Labute approximate surface area is 127 Å². The molecule has 0 unspecified atom stereocenters. The van der Waals surface area contributed by atoms with Crippen LogP contribution in [0.3, 0.4) is 0 Å². The SMILES string of the molecule is CCC(CC)CN(CC)Cc1ccc(C(N)=S)cc1F. The lowest BCUT2D eigenvalue weighted by Crippen LogP contribution is -2.29. The van der Waals surface area contributed by atoms with E-state index in [1.807, 2.05) is 0 Å². The molecule has 0 radical (unpaired) electrons. The fourth-order valence-electron chi connectivity index (χ4n) is 2.29. The molecule has 2 nitrogen and oxygen atoms in total. The lowest BCUT2D eigenvalue weighted by atomic mass is 10.0. The molecule has 0 saturated heterocycles. The van der Waals surface area contributed by atoms with Gasteiger partial charge in [-0.25, -0.2) is 4.39 Å². The Bertz CT molecular complexity index is 444. The normalized spacial score (nSPS) is 11.3. The predicted octanol–water partition coefficient (Wildman–Crippen LogP) is 3.72. The molecule has 0 aromatic heterocycles. The van der Waals surface area contributed by atoms with Crippen LogP contribution in [0.4, 0.5) is 4.39 Å². The molecule has 112 valence electrons. The largest absolute Gasteiger partial charge is 0.389 e. The smallest absolute Gasteiger partial charge is 0.128 e. The molecule has 0 heterocycles. The van der Waals surface area contributed by atoms with Gasteiger partial charge >= 0.3 is 0 Å². The zero-order valence-corrected chi connectivity index (χ0v) is 13.5. The first-order chi connectivity index (χ1) is 9.51. The summed E-state index contributed by atoms with van der Waals surface area (Å²) in [5.41, 5.74) is 6.81. The second-order valence-electron chi connectivity index (χ2n) is 5.18. The minimum Gasteiger partial charge on any atom is -0.389 e. The number of nitrogens with zero attached hydrogens (tertiary/aromatic N) is 1. The average Bonchev–Trinajstić information content (AvgIpc) is 2.44. The minimum atomic E-state index is -0.224. The third-order valence-corrected chi connectivity index (χ3v) is 4.09. The van der Waals surface area contributed by atoms with Crippen molar-refractivity contribution in [2.45, 2.75) is 40.2 Å². The summed E-state index contributed by atoms with van der Waals surface area (Å²) in [6, 6.07) is 5.02. The van der Waals surface area contributed by atoms with Gasteiger partial charge in [0.15, 0.2) is 0 Å². The summed E-state index contributed by atoms with van der Waals surface area (Å²) in [5.74, 6) is 0.451. The van der Waals surface area contributed by atoms with Crippen molar-refractivity contribution in [3.8, 4) is 0 Å². The van der Waals surface area contributed by atoms with E-state index in [1.54, 1.807) is 12.1 Å². The zero-order valence-electron chi connectivity index (χ0n) is 12.7. The van der Waals surface area contributed by atoms with Gasteiger partial charge in [0.2, 0.25) is 0 Å². The highest BCUT2D eigenvalue weighted by atomic mass is 32.1. The van der Waals surface area contributed by atoms with Crippen LogP contribution in [0.15, 0.2) is 18.2 Å². The molecule has 1 aromatic carbocycles. The number of thiocarbonyl (C=S) groups is 1. The molecule has 0 amide bonds. The molecule has 0 fully saturated rings. The number of hydrogen-bond acceptors (Lipinski definition) is 2. The standard InChI is InChI=1S/C16H25FN2S/c1-4-12(5-2)10-19(6-3)11-14-8-7-13(16(18)20)9-15(14)17/h7-9,12H,4-6,10-11H2,1-3H3,(H2,18,20). The van der Waals surface area contributed by atoms with E-state index in [0.717, 1.165) is 25.9 Å². The van der Waals surface area contributed by atoms with Crippen molar-refractivity contribution in [2.24, 2.45) is 11.7 Å². The molecular weight excluding hydrogens is 271 g/mol. The maximum Gasteiger partial charge on any atom is 0.128 e. The van der Waals surface area contributed by atoms with Crippen LogP contribution < -0.4 is 5.73 Å². The molecule has 0 bridgehead atoms. The molecule has 0 aliphatic rings. The molecular formula is C16H25FN2S. The summed E-state index contributed by atoms with van der Waals surface area (Å²) in [4.78, 5) is 2.52. The van der Waals surface area contributed by atoms with Gasteiger partial charge in [0.05, 0.1) is 0 Å². The fraction of sp³-hybridized carbons (Fsp3) is 0.562. The van der Waals surface area contributed by atoms with Crippen molar-refractivity contribution in [3.05, 3.63) is 35.1 Å². The van der Waals surface area contributed by atoms with Crippen LogP contribution in [-0.2, 0) is 6.54 Å². The first kappa shape index (κ1) is 17.1. The van der Waals surface area contributed by atoms with Crippen LogP contribution in [-0.4, -0.2) is 23.0 Å². The maximum absolute atomic E-state index is 14.1. The highest BCUT2D eigenvalue weighted by Gasteiger charge is 2.13. The predicted molar refractivity (Wildman–Crippen MR) is 87.3 cm³/mol. The van der Waals surface area contributed by atoms with Crippen LogP contribution >= 0.6 is 12.2 Å². The number of halogens is 1. The Morgan fingerprint density at radius 3 is 2.40 bits per heavy atom. The van der Waals surface area contributed by atoms with E-state index in [-0.39, 0.29) is 10.8 Å². The summed E-state index contributed by atoms with van der Waals surface area (Å²) in [7, 11) is 0. The van der Waals surface area contributed by atoms with Crippen molar-refractivity contribution in [2.75, 3.05) is 13.1 Å². The molecule has 0 spiro atoms. The molecule has 2 N–H and O–H groups in total. The minimum absolute atomic E-state index is 0.224. The van der Waals surface area contributed by atoms with Gasteiger partial charge in [0.25, 0.3) is 0 Å². The van der Waals surface area contributed by atoms with Gasteiger partial charge in [-0.05, 0) is 18.5 Å². The topological polar surface area (TPSA) is 29.3 Å². The van der Waals surface area contributed by atoms with Crippen LogP contribution in [0.1, 0.15) is 44.7 Å². The first-order valence-corrected chi connectivity index (χ1v) is 7.73. The van der Waals surface area contributed by atoms with Crippen molar-refractivity contribution in [1.29, 1.82) is 0 Å². The summed E-state index contributed by atoms with van der Waals surface area (Å²) >= 11 is 4.86. The van der Waals surface area contributed by atoms with E-state index < -0.39 is 0 Å². The van der Waals surface area contributed by atoms with Gasteiger partial charge in [-0.3, -0.25) is 4.90 Å². The first-order valence-electron chi connectivity index (χ1n) is 7.32. The Balaban J connectivity index is 2.77.